The number of halogens is 4. The van der Waals surface area contributed by atoms with E-state index < -0.39 is 27.0 Å². The Morgan fingerprint density at radius 1 is 1.34 bits per heavy atom. The van der Waals surface area contributed by atoms with Crippen LogP contribution in [0, 0.1) is 0 Å². The lowest BCUT2D eigenvalue weighted by Gasteiger charge is -2.36. The second kappa shape index (κ2) is 7.46. The Morgan fingerprint density at radius 2 is 2.03 bits per heavy atom. The summed E-state index contributed by atoms with van der Waals surface area (Å²) in [4.78, 5) is 9.31. The van der Waals surface area contributed by atoms with Gasteiger partial charge in [0.05, 0.1) is 35.8 Å². The molecule has 0 aromatic carbocycles. The molecule has 0 saturated carbocycles. The van der Waals surface area contributed by atoms with E-state index in [2.05, 4.69) is 26.0 Å². The first kappa shape index (κ1) is 22.6. The van der Waals surface area contributed by atoms with Crippen LogP contribution < -0.4 is 5.73 Å². The van der Waals surface area contributed by atoms with Crippen LogP contribution in [0.25, 0.3) is 22.4 Å². The van der Waals surface area contributed by atoms with Crippen LogP contribution in [0.15, 0.2) is 33.8 Å². The number of aromatic nitrogens is 3. The van der Waals surface area contributed by atoms with Gasteiger partial charge in [0.2, 0.25) is 5.96 Å². The molecule has 0 fully saturated rings. The quantitative estimate of drug-likeness (QED) is 0.545. The molecule has 2 N–H and O–H groups in total. The van der Waals surface area contributed by atoms with Crippen LogP contribution in [0.4, 0.5) is 13.2 Å². The molecule has 3 aromatic heterocycles. The van der Waals surface area contributed by atoms with E-state index in [0.29, 0.717) is 21.0 Å². The molecule has 0 spiro atoms. The Bertz CT molecular complexity index is 1320. The average Bonchev–Trinajstić information content (AvgIpc) is 3.32. The largest absolute Gasteiger partial charge is 0.417 e. The zero-order valence-corrected chi connectivity index (χ0v) is 19.1. The maximum atomic E-state index is 12.9. The normalized spacial score (nSPS) is 23.9. The van der Waals surface area contributed by atoms with Gasteiger partial charge in [-0.2, -0.15) is 13.2 Å². The summed E-state index contributed by atoms with van der Waals surface area (Å²) < 4.78 is 58.0. The van der Waals surface area contributed by atoms with Crippen molar-refractivity contribution in [1.82, 2.24) is 19.5 Å². The first-order chi connectivity index (χ1) is 14.8. The molecule has 0 amide bonds. The van der Waals surface area contributed by atoms with Gasteiger partial charge in [-0.15, -0.1) is 21.5 Å². The van der Waals surface area contributed by atoms with Crippen molar-refractivity contribution >= 4 is 44.5 Å². The van der Waals surface area contributed by atoms with Gasteiger partial charge in [0, 0.05) is 13.2 Å². The van der Waals surface area contributed by atoms with Crippen LogP contribution in [0.3, 0.4) is 0 Å². The molecule has 14 heteroatoms. The fourth-order valence-electron chi connectivity index (χ4n) is 3.13. The topological polar surface area (TPSA) is 110 Å². The molecule has 170 valence electrons. The molecular formula is C18H16ClF3N6O2S2. The smallest absolute Gasteiger partial charge is 0.414 e. The average molecular weight is 505 g/mol. The molecule has 3 aromatic rings. The molecule has 0 saturated heterocycles. The molecule has 0 radical (unpaired) electrons. The van der Waals surface area contributed by atoms with E-state index >= 15 is 0 Å². The minimum absolute atomic E-state index is 0.0478. The highest BCUT2D eigenvalue weighted by molar-refractivity contribution is 7.98. The van der Waals surface area contributed by atoms with Crippen molar-refractivity contribution in [2.24, 2.45) is 10.7 Å². The van der Waals surface area contributed by atoms with Gasteiger partial charge < -0.3 is 10.2 Å². The van der Waals surface area contributed by atoms with Crippen LogP contribution in [-0.2, 0) is 21.4 Å². The number of nitrogens with zero attached hydrogens (tertiary/aromatic N) is 5. The third-order valence-corrected chi connectivity index (χ3v) is 8.80. The Labute approximate surface area is 190 Å². The van der Waals surface area contributed by atoms with Crippen LogP contribution in [0.5, 0.6) is 0 Å². The number of guanidine groups is 1. The summed E-state index contributed by atoms with van der Waals surface area (Å²) in [5.74, 6) is 4.00. The summed E-state index contributed by atoms with van der Waals surface area (Å²) in [6, 6.07) is 3.63. The molecule has 0 aliphatic carbocycles. The minimum atomic E-state index is -4.50. The second-order valence-corrected chi connectivity index (χ2v) is 11.1. The number of nitrogens with two attached hydrogens (primary N) is 1. The lowest BCUT2D eigenvalue weighted by Crippen LogP contribution is -2.50. The van der Waals surface area contributed by atoms with E-state index in [1.54, 1.807) is 20.0 Å². The number of pyridine rings is 1. The zero-order chi connectivity index (χ0) is 23.5. The third kappa shape index (κ3) is 3.95. The van der Waals surface area contributed by atoms with Crippen LogP contribution >= 0.6 is 22.9 Å². The molecule has 4 heterocycles. The molecule has 2 atom stereocenters. The molecule has 1 unspecified atom stereocenters. The first-order valence-corrected chi connectivity index (χ1v) is 12.0. The summed E-state index contributed by atoms with van der Waals surface area (Å²) in [7, 11) is -1.14. The first-order valence-electron chi connectivity index (χ1n) is 8.92. The van der Waals surface area contributed by atoms with Crippen molar-refractivity contribution in [3.05, 3.63) is 39.9 Å². The Morgan fingerprint density at radius 3 is 2.62 bits per heavy atom. The van der Waals surface area contributed by atoms with Gasteiger partial charge >= 0.3 is 6.18 Å². The van der Waals surface area contributed by atoms with Crippen molar-refractivity contribution in [2.45, 2.75) is 18.6 Å². The molecule has 1 aliphatic rings. The van der Waals surface area contributed by atoms with Gasteiger partial charge in [-0.25, -0.2) is 9.20 Å². The fourth-order valence-corrected chi connectivity index (χ4v) is 6.44. The highest BCUT2D eigenvalue weighted by Gasteiger charge is 2.40. The van der Waals surface area contributed by atoms with Gasteiger partial charge in [0.25, 0.3) is 11.8 Å². The van der Waals surface area contributed by atoms with E-state index in [4.69, 9.17) is 21.8 Å². The minimum Gasteiger partial charge on any atom is -0.414 e. The summed E-state index contributed by atoms with van der Waals surface area (Å²) in [6.45, 7) is 1.75. The van der Waals surface area contributed by atoms with Gasteiger partial charge in [-0.3, -0.25) is 9.29 Å². The van der Waals surface area contributed by atoms with E-state index in [0.717, 1.165) is 12.1 Å². The molecule has 4 rings (SSSR count). The monoisotopic (exact) mass is 504 g/mol. The molecule has 1 aliphatic heterocycles. The molecule has 8 nitrogen and oxygen atoms in total. The third-order valence-electron chi connectivity index (χ3n) is 4.81. The number of thiophene rings is 1. The Hall–Kier alpha value is -2.64. The standard InChI is InChI=1S/C18H16ClF3N6O2S2/c1-17(8-32(3,29)28(2)16(23)25-17)13-10(19)6-12(31-13)15-27-26-14(30-15)11-5-4-9(7-24-11)18(20,21)22/h4-7H,3,8H2,1-2H3,(H2,23,25)/t17-,32?/m0/s1. The van der Waals surface area contributed by atoms with E-state index in [9.17, 15) is 17.4 Å². The summed E-state index contributed by atoms with van der Waals surface area (Å²) >= 11 is 7.65. The number of rotatable bonds is 3. The predicted molar refractivity (Wildman–Crippen MR) is 118 cm³/mol. The van der Waals surface area contributed by atoms with E-state index in [1.807, 2.05) is 0 Å². The van der Waals surface area contributed by atoms with Crippen molar-refractivity contribution in [2.75, 3.05) is 12.8 Å². The SMILES string of the molecule is C=S1(=O)C[C@@](C)(c2sc(-c3nnc(-c4ccc(C(F)(F)F)cn4)o3)cc2Cl)N=C(N)N1C. The molecule has 0 bridgehead atoms. The molecular weight excluding hydrogens is 489 g/mol. The van der Waals surface area contributed by atoms with Gasteiger partial charge in [0.15, 0.2) is 0 Å². The Balaban J connectivity index is 1.67. The number of hydrogen-bond donors (Lipinski definition) is 1. The number of hydrogen-bond acceptors (Lipinski definition) is 8. The second-order valence-electron chi connectivity index (χ2n) is 7.29. The highest BCUT2D eigenvalue weighted by Crippen LogP contribution is 2.44. The van der Waals surface area contributed by atoms with Gasteiger partial charge in [-0.05, 0) is 31.0 Å². The van der Waals surface area contributed by atoms with Crippen LogP contribution in [0.1, 0.15) is 17.4 Å². The lowest BCUT2D eigenvalue weighted by molar-refractivity contribution is -0.137. The zero-order valence-electron chi connectivity index (χ0n) is 16.7. The van der Waals surface area contributed by atoms with E-state index in [-0.39, 0.29) is 29.2 Å². The van der Waals surface area contributed by atoms with Gasteiger partial charge in [0.1, 0.15) is 11.2 Å². The summed E-state index contributed by atoms with van der Waals surface area (Å²) in [5.41, 5.74) is 4.17. The maximum absolute atomic E-state index is 12.9. The molecule has 32 heavy (non-hydrogen) atoms. The van der Waals surface area contributed by atoms with Crippen molar-refractivity contribution in [3.63, 3.8) is 0 Å². The lowest BCUT2D eigenvalue weighted by atomic mass is 10.0. The highest BCUT2D eigenvalue weighted by atomic mass is 35.5. The predicted octanol–water partition coefficient (Wildman–Crippen LogP) is 3.64. The van der Waals surface area contributed by atoms with Crippen molar-refractivity contribution in [1.29, 1.82) is 0 Å². The fraction of sp³-hybridized carbons (Fsp3) is 0.278. The van der Waals surface area contributed by atoms with E-state index in [1.165, 1.54) is 15.6 Å². The number of aliphatic imine (C=N–C) groups is 1. The Kier molecular flexibility index (Phi) is 5.25. The number of alkyl halides is 3. The van der Waals surface area contributed by atoms with Crippen molar-refractivity contribution in [3.8, 4) is 22.4 Å². The van der Waals surface area contributed by atoms with Crippen LogP contribution in [-0.4, -0.2) is 48.3 Å². The summed E-state index contributed by atoms with van der Waals surface area (Å²) in [5, 5.41) is 8.15. The van der Waals surface area contributed by atoms with Crippen molar-refractivity contribution < 1.29 is 21.8 Å². The summed E-state index contributed by atoms with van der Waals surface area (Å²) in [6.07, 6.45) is -3.80. The maximum Gasteiger partial charge on any atom is 0.417 e. The van der Waals surface area contributed by atoms with Crippen LogP contribution in [0.2, 0.25) is 5.02 Å². The van der Waals surface area contributed by atoms with Gasteiger partial charge in [-0.1, -0.05) is 11.6 Å².